The molecule has 124 valence electrons. The van der Waals surface area contributed by atoms with Gasteiger partial charge in [0.2, 0.25) is 5.91 Å². The molecule has 0 spiro atoms. The average molecular weight is 317 g/mol. The molecule has 3 rings (SSSR count). The average Bonchev–Trinajstić information content (AvgIpc) is 2.49. The maximum absolute atomic E-state index is 11.9. The number of nitrogens with one attached hydrogen (secondary N) is 2. The number of hydrogen-bond donors (Lipinski definition) is 3. The van der Waals surface area contributed by atoms with Crippen molar-refractivity contribution in [1.29, 1.82) is 0 Å². The molecule has 0 radical (unpaired) electrons. The Kier molecular flexibility index (Phi) is 4.79. The summed E-state index contributed by atoms with van der Waals surface area (Å²) in [5.74, 6) is 0.659. The van der Waals surface area contributed by atoms with Crippen LogP contribution in [0.5, 0.6) is 0 Å². The lowest BCUT2D eigenvalue weighted by Gasteiger charge is -2.34. The zero-order chi connectivity index (χ0) is 16.2. The molecule has 0 atom stereocenters. The zero-order valence-corrected chi connectivity index (χ0v) is 13.2. The minimum atomic E-state index is -0.885. The fourth-order valence-corrected chi connectivity index (χ4v) is 3.33. The molecule has 1 saturated carbocycles. The Morgan fingerprint density at radius 3 is 2.96 bits per heavy atom. The van der Waals surface area contributed by atoms with Crippen LogP contribution in [0.2, 0.25) is 0 Å². The van der Waals surface area contributed by atoms with Crippen LogP contribution in [0, 0.1) is 11.8 Å². The predicted octanol–water partition coefficient (Wildman–Crippen LogP) is 1.60. The van der Waals surface area contributed by atoms with E-state index in [1.807, 2.05) is 0 Å². The van der Waals surface area contributed by atoms with Gasteiger partial charge >= 0.3 is 5.97 Å². The SMILES string of the molecule is O=C(O)CCNC(=O)[C@H]1C[C@@H](Cc2ccc3c(n2)NCCC3)C1. The molecule has 1 amide bonds. The minimum Gasteiger partial charge on any atom is -0.481 e. The van der Waals surface area contributed by atoms with E-state index in [2.05, 4.69) is 22.8 Å². The Balaban J connectivity index is 1.43. The van der Waals surface area contributed by atoms with E-state index in [-0.39, 0.29) is 24.8 Å². The smallest absolute Gasteiger partial charge is 0.305 e. The second kappa shape index (κ2) is 6.98. The number of carbonyl (C=O) groups excluding carboxylic acids is 1. The van der Waals surface area contributed by atoms with Crippen molar-refractivity contribution < 1.29 is 14.7 Å². The summed E-state index contributed by atoms with van der Waals surface area (Å²) in [5, 5.41) is 14.6. The van der Waals surface area contributed by atoms with Crippen LogP contribution in [0.4, 0.5) is 5.82 Å². The highest BCUT2D eigenvalue weighted by molar-refractivity contribution is 5.80. The Labute approximate surface area is 135 Å². The zero-order valence-electron chi connectivity index (χ0n) is 13.2. The van der Waals surface area contributed by atoms with Crippen LogP contribution in [0.1, 0.15) is 36.9 Å². The van der Waals surface area contributed by atoms with Crippen LogP contribution in [0.25, 0.3) is 0 Å². The van der Waals surface area contributed by atoms with Crippen molar-refractivity contribution in [2.24, 2.45) is 11.8 Å². The van der Waals surface area contributed by atoms with E-state index < -0.39 is 5.97 Å². The third-order valence-electron chi connectivity index (χ3n) is 4.69. The van der Waals surface area contributed by atoms with Gasteiger partial charge in [-0.15, -0.1) is 0 Å². The highest BCUT2D eigenvalue weighted by atomic mass is 16.4. The number of nitrogens with zero attached hydrogens (tertiary/aromatic N) is 1. The summed E-state index contributed by atoms with van der Waals surface area (Å²) in [7, 11) is 0. The van der Waals surface area contributed by atoms with Crippen molar-refractivity contribution >= 4 is 17.7 Å². The lowest BCUT2D eigenvalue weighted by atomic mass is 9.72. The summed E-state index contributed by atoms with van der Waals surface area (Å²) in [6, 6.07) is 4.27. The Morgan fingerprint density at radius 2 is 2.17 bits per heavy atom. The second-order valence-electron chi connectivity index (χ2n) is 6.51. The van der Waals surface area contributed by atoms with E-state index in [1.165, 1.54) is 5.56 Å². The number of carboxylic acids is 1. The number of carbonyl (C=O) groups is 2. The number of anilines is 1. The first kappa shape index (κ1) is 15.8. The van der Waals surface area contributed by atoms with Crippen molar-refractivity contribution in [2.75, 3.05) is 18.4 Å². The summed E-state index contributed by atoms with van der Waals surface area (Å²) in [6.45, 7) is 1.21. The van der Waals surface area contributed by atoms with Gasteiger partial charge in [-0.3, -0.25) is 9.59 Å². The van der Waals surface area contributed by atoms with Crippen molar-refractivity contribution in [2.45, 2.75) is 38.5 Å². The molecule has 0 unspecified atom stereocenters. The fourth-order valence-electron chi connectivity index (χ4n) is 3.33. The van der Waals surface area contributed by atoms with E-state index in [1.54, 1.807) is 0 Å². The highest BCUT2D eigenvalue weighted by Gasteiger charge is 2.34. The molecule has 1 aliphatic heterocycles. The summed E-state index contributed by atoms with van der Waals surface area (Å²) >= 11 is 0. The minimum absolute atomic E-state index is 0.0115. The van der Waals surface area contributed by atoms with Gasteiger partial charge in [-0.2, -0.15) is 0 Å². The lowest BCUT2D eigenvalue weighted by molar-refractivity contribution is -0.137. The number of aryl methyl sites for hydroxylation is 1. The molecule has 1 fully saturated rings. The molecular formula is C17H23N3O3. The number of fused-ring (bicyclic) bond motifs is 1. The largest absolute Gasteiger partial charge is 0.481 e. The Hall–Kier alpha value is -2.11. The molecular weight excluding hydrogens is 294 g/mol. The van der Waals surface area contributed by atoms with Crippen molar-refractivity contribution in [3.05, 3.63) is 23.4 Å². The van der Waals surface area contributed by atoms with Crippen LogP contribution in [0.15, 0.2) is 12.1 Å². The first-order chi connectivity index (χ1) is 11.1. The van der Waals surface area contributed by atoms with Crippen LogP contribution >= 0.6 is 0 Å². The molecule has 1 aromatic heterocycles. The van der Waals surface area contributed by atoms with E-state index >= 15 is 0 Å². The van der Waals surface area contributed by atoms with E-state index in [4.69, 9.17) is 10.1 Å². The summed E-state index contributed by atoms with van der Waals surface area (Å²) in [5.41, 5.74) is 2.39. The fraction of sp³-hybridized carbons (Fsp3) is 0.588. The van der Waals surface area contributed by atoms with Gasteiger partial charge in [0.05, 0.1) is 6.42 Å². The maximum atomic E-state index is 11.9. The normalized spacial score (nSPS) is 22.4. The summed E-state index contributed by atoms with van der Waals surface area (Å²) in [6.07, 6.45) is 4.88. The molecule has 6 nitrogen and oxygen atoms in total. The van der Waals surface area contributed by atoms with Crippen LogP contribution < -0.4 is 10.6 Å². The van der Waals surface area contributed by atoms with Crippen molar-refractivity contribution in [3.8, 4) is 0 Å². The Morgan fingerprint density at radius 1 is 1.35 bits per heavy atom. The van der Waals surface area contributed by atoms with Crippen molar-refractivity contribution in [3.63, 3.8) is 0 Å². The number of aliphatic carboxylic acids is 1. The van der Waals surface area contributed by atoms with Gasteiger partial charge in [0.15, 0.2) is 0 Å². The van der Waals surface area contributed by atoms with Crippen LogP contribution in [0.3, 0.4) is 0 Å². The summed E-state index contributed by atoms with van der Waals surface area (Å²) in [4.78, 5) is 27.0. The predicted molar refractivity (Wildman–Crippen MR) is 86.2 cm³/mol. The number of pyridine rings is 1. The van der Waals surface area contributed by atoms with Gasteiger partial charge in [0, 0.05) is 24.7 Å². The monoisotopic (exact) mass is 317 g/mol. The number of aromatic nitrogens is 1. The number of hydrogen-bond acceptors (Lipinski definition) is 4. The van der Waals surface area contributed by atoms with Gasteiger partial charge in [0.25, 0.3) is 0 Å². The van der Waals surface area contributed by atoms with Crippen LogP contribution in [-0.4, -0.2) is 35.1 Å². The quantitative estimate of drug-likeness (QED) is 0.741. The van der Waals surface area contributed by atoms with Gasteiger partial charge < -0.3 is 15.7 Å². The molecule has 1 aliphatic carbocycles. The Bertz CT molecular complexity index is 597. The molecule has 23 heavy (non-hydrogen) atoms. The number of rotatable bonds is 6. The molecule has 2 aliphatic rings. The third-order valence-corrected chi connectivity index (χ3v) is 4.69. The standard InChI is InChI=1S/C17H23N3O3/c21-15(22)5-7-19-17(23)13-8-11(9-13)10-14-4-3-12-2-1-6-18-16(12)20-14/h3-4,11,13H,1-2,5-10H2,(H,18,20)(H,19,23)(H,21,22)/t11-,13+. The first-order valence-corrected chi connectivity index (χ1v) is 8.34. The highest BCUT2D eigenvalue weighted by Crippen LogP contribution is 2.36. The van der Waals surface area contributed by atoms with Gasteiger partial charge in [-0.1, -0.05) is 6.07 Å². The maximum Gasteiger partial charge on any atom is 0.305 e. The van der Waals surface area contributed by atoms with Crippen LogP contribution in [-0.2, 0) is 22.4 Å². The summed E-state index contributed by atoms with van der Waals surface area (Å²) < 4.78 is 0. The third kappa shape index (κ3) is 4.00. The van der Waals surface area contributed by atoms with Gasteiger partial charge in [-0.05, 0) is 49.7 Å². The molecule has 0 aromatic carbocycles. The topological polar surface area (TPSA) is 91.3 Å². The molecule has 1 aromatic rings. The number of amides is 1. The van der Waals surface area contributed by atoms with E-state index in [0.29, 0.717) is 5.92 Å². The second-order valence-corrected chi connectivity index (χ2v) is 6.51. The van der Waals surface area contributed by atoms with Crippen molar-refractivity contribution in [1.82, 2.24) is 10.3 Å². The molecule has 6 heteroatoms. The lowest BCUT2D eigenvalue weighted by Crippen LogP contribution is -2.40. The van der Waals surface area contributed by atoms with Gasteiger partial charge in [0.1, 0.15) is 5.82 Å². The van der Waals surface area contributed by atoms with Gasteiger partial charge in [-0.25, -0.2) is 4.98 Å². The van der Waals surface area contributed by atoms with E-state index in [0.717, 1.165) is 50.2 Å². The number of carboxylic acid groups (broad SMARTS) is 1. The molecule has 0 bridgehead atoms. The molecule has 0 saturated heterocycles. The molecule has 3 N–H and O–H groups in total. The first-order valence-electron chi connectivity index (χ1n) is 8.34. The molecule has 2 heterocycles. The van der Waals surface area contributed by atoms with E-state index in [9.17, 15) is 9.59 Å².